The van der Waals surface area contributed by atoms with Crippen LogP contribution in [0.3, 0.4) is 0 Å². The lowest BCUT2D eigenvalue weighted by Gasteiger charge is -2.37. The molecule has 2 nitrogen and oxygen atoms in total. The van der Waals surface area contributed by atoms with Crippen molar-refractivity contribution in [3.8, 4) is 0 Å². The fourth-order valence-corrected chi connectivity index (χ4v) is 3.02. The van der Waals surface area contributed by atoms with E-state index in [-0.39, 0.29) is 0 Å². The molecule has 1 aliphatic carbocycles. The van der Waals surface area contributed by atoms with Gasteiger partial charge in [-0.25, -0.2) is 4.39 Å². The molecule has 168 valence electrons. The second-order valence-corrected chi connectivity index (χ2v) is 6.48. The van der Waals surface area contributed by atoms with Crippen LogP contribution in [0, 0.1) is 11.2 Å². The predicted octanol–water partition coefficient (Wildman–Crippen LogP) is 6.05. The van der Waals surface area contributed by atoms with Crippen molar-refractivity contribution in [1.29, 1.82) is 0 Å². The second-order valence-electron chi connectivity index (χ2n) is 6.07. The number of carbonyl (C=O) groups excluding carboxylic acids is 1. The molecule has 1 aliphatic rings. The molecule has 1 fully saturated rings. The fraction of sp³-hybridized carbons (Fsp3) is 0.400. The van der Waals surface area contributed by atoms with Crippen LogP contribution in [-0.4, -0.2) is 40.8 Å². The summed E-state index contributed by atoms with van der Waals surface area (Å²) >= 11 is 5.27. The van der Waals surface area contributed by atoms with E-state index in [2.05, 4.69) is 0 Å². The normalized spacial score (nSPS) is 24.0. The fourth-order valence-electron chi connectivity index (χ4n) is 2.84. The minimum absolute atomic E-state index is 0.393. The maximum atomic E-state index is 13.9. The van der Waals surface area contributed by atoms with E-state index in [0.29, 0.717) is 18.2 Å². The van der Waals surface area contributed by atoms with Gasteiger partial charge >= 0.3 is 29.9 Å². The molecule has 1 aromatic carbocycles. The SMILES string of the molecule is O=C(/C=C(\O)c1ccc(F)c(Cl)c1)C1(C(F)(F)F)C(F)(F)C(F)(F)C(F)(F)C1(F)F. The highest BCUT2D eigenvalue weighted by atomic mass is 35.5. The molecule has 0 bridgehead atoms. The van der Waals surface area contributed by atoms with Crippen molar-refractivity contribution in [3.05, 3.63) is 40.7 Å². The van der Waals surface area contributed by atoms with Gasteiger partial charge in [0.05, 0.1) is 5.02 Å². The van der Waals surface area contributed by atoms with E-state index >= 15 is 0 Å². The quantitative estimate of drug-likeness (QED) is 0.325. The Kier molecular flexibility index (Phi) is 5.18. The summed E-state index contributed by atoms with van der Waals surface area (Å²) in [5.41, 5.74) is -7.85. The molecule has 0 saturated heterocycles. The summed E-state index contributed by atoms with van der Waals surface area (Å²) in [6.07, 6.45) is -8.37. The van der Waals surface area contributed by atoms with Gasteiger partial charge in [0.25, 0.3) is 5.41 Å². The molecule has 30 heavy (non-hydrogen) atoms. The van der Waals surface area contributed by atoms with Crippen LogP contribution in [0.5, 0.6) is 0 Å². The van der Waals surface area contributed by atoms with Crippen molar-refractivity contribution in [2.75, 3.05) is 0 Å². The Hall–Kier alpha value is -2.12. The number of aliphatic hydroxyl groups is 1. The smallest absolute Gasteiger partial charge is 0.414 e. The van der Waals surface area contributed by atoms with Crippen molar-refractivity contribution in [2.24, 2.45) is 5.41 Å². The van der Waals surface area contributed by atoms with Crippen molar-refractivity contribution in [1.82, 2.24) is 0 Å². The predicted molar refractivity (Wildman–Crippen MR) is 75.3 cm³/mol. The summed E-state index contributed by atoms with van der Waals surface area (Å²) < 4.78 is 162. The van der Waals surface area contributed by atoms with E-state index in [4.69, 9.17) is 11.6 Å². The molecule has 0 radical (unpaired) electrons. The Morgan fingerprint density at radius 3 is 1.70 bits per heavy atom. The first-order chi connectivity index (χ1) is 13.2. The highest BCUT2D eigenvalue weighted by Crippen LogP contribution is 2.75. The molecule has 0 amide bonds. The van der Waals surface area contributed by atoms with E-state index in [1.54, 1.807) is 0 Å². The molecular formula is C15H5ClF12O2. The topological polar surface area (TPSA) is 37.3 Å². The zero-order valence-corrected chi connectivity index (χ0v) is 14.3. The molecule has 0 spiro atoms. The number of hydrogen-bond donors (Lipinski definition) is 1. The van der Waals surface area contributed by atoms with Crippen LogP contribution < -0.4 is 0 Å². The third-order valence-corrected chi connectivity index (χ3v) is 4.69. The van der Waals surface area contributed by atoms with Crippen molar-refractivity contribution in [3.63, 3.8) is 0 Å². The maximum absolute atomic E-state index is 13.9. The van der Waals surface area contributed by atoms with Gasteiger partial charge in [-0.3, -0.25) is 4.79 Å². The van der Waals surface area contributed by atoms with E-state index in [0.717, 1.165) is 0 Å². The third-order valence-electron chi connectivity index (χ3n) is 4.40. The summed E-state index contributed by atoms with van der Waals surface area (Å²) in [6.45, 7) is 0. The van der Waals surface area contributed by atoms with Crippen LogP contribution in [-0.2, 0) is 4.79 Å². The minimum Gasteiger partial charge on any atom is -0.507 e. The van der Waals surface area contributed by atoms with Crippen LogP contribution in [0.4, 0.5) is 52.7 Å². The first-order valence-corrected chi connectivity index (χ1v) is 7.58. The number of hydrogen-bond acceptors (Lipinski definition) is 2. The highest BCUT2D eigenvalue weighted by Gasteiger charge is 3.06. The van der Waals surface area contributed by atoms with E-state index in [9.17, 15) is 62.6 Å². The summed E-state index contributed by atoms with van der Waals surface area (Å²) in [4.78, 5) is 11.9. The zero-order valence-electron chi connectivity index (χ0n) is 13.6. The van der Waals surface area contributed by atoms with Crippen LogP contribution in [0.25, 0.3) is 5.76 Å². The number of ketones is 1. The molecule has 1 saturated carbocycles. The van der Waals surface area contributed by atoms with E-state index in [1.807, 2.05) is 0 Å². The Morgan fingerprint density at radius 2 is 1.33 bits per heavy atom. The molecule has 1 aromatic rings. The summed E-state index contributed by atoms with van der Waals surface area (Å²) in [5, 5.41) is 8.73. The second kappa shape index (κ2) is 6.44. The molecular weight excluding hydrogens is 476 g/mol. The van der Waals surface area contributed by atoms with Gasteiger partial charge in [-0.15, -0.1) is 0 Å². The summed E-state index contributed by atoms with van der Waals surface area (Å²) in [7, 11) is 0. The summed E-state index contributed by atoms with van der Waals surface area (Å²) in [6, 6.07) is 1.31. The molecule has 0 aromatic heterocycles. The highest BCUT2D eigenvalue weighted by molar-refractivity contribution is 6.30. The number of benzene rings is 1. The molecule has 0 unspecified atom stereocenters. The molecule has 2 rings (SSSR count). The monoisotopic (exact) mass is 480 g/mol. The Balaban J connectivity index is 2.83. The van der Waals surface area contributed by atoms with Gasteiger partial charge in [-0.05, 0) is 18.2 Å². The van der Waals surface area contributed by atoms with Gasteiger partial charge in [0, 0.05) is 11.6 Å². The van der Waals surface area contributed by atoms with Crippen molar-refractivity contribution in [2.45, 2.75) is 29.9 Å². The Bertz CT molecular complexity index is 893. The Morgan fingerprint density at radius 1 is 0.900 bits per heavy atom. The number of halogens is 13. The van der Waals surface area contributed by atoms with Crippen molar-refractivity contribution >= 4 is 23.1 Å². The minimum atomic E-state index is -7.35. The lowest BCUT2D eigenvalue weighted by atomic mass is 9.74. The third kappa shape index (κ3) is 2.57. The number of alkyl halides is 11. The Labute approximate surface area is 162 Å². The summed E-state index contributed by atoms with van der Waals surface area (Å²) in [5.74, 6) is -36.0. The average Bonchev–Trinajstić information content (AvgIpc) is 2.61. The molecule has 0 atom stereocenters. The number of aliphatic hydroxyl groups excluding tert-OH is 1. The van der Waals surface area contributed by atoms with Gasteiger partial charge in [0.2, 0.25) is 0 Å². The lowest BCUT2D eigenvalue weighted by Crippen LogP contribution is -2.64. The van der Waals surface area contributed by atoms with Gasteiger partial charge in [0.1, 0.15) is 11.6 Å². The van der Waals surface area contributed by atoms with Gasteiger partial charge in [-0.1, -0.05) is 11.6 Å². The van der Waals surface area contributed by atoms with Crippen LogP contribution in [0.15, 0.2) is 24.3 Å². The van der Waals surface area contributed by atoms with Gasteiger partial charge < -0.3 is 5.11 Å². The van der Waals surface area contributed by atoms with E-state index in [1.165, 1.54) is 0 Å². The molecule has 0 heterocycles. The van der Waals surface area contributed by atoms with Crippen LogP contribution >= 0.6 is 11.6 Å². The molecule has 15 heteroatoms. The largest absolute Gasteiger partial charge is 0.507 e. The molecule has 0 aliphatic heterocycles. The van der Waals surface area contributed by atoms with Crippen LogP contribution in [0.1, 0.15) is 5.56 Å². The number of allylic oxidation sites excluding steroid dienone is 1. The lowest BCUT2D eigenvalue weighted by molar-refractivity contribution is -0.341. The zero-order chi connectivity index (χ0) is 23.7. The average molecular weight is 481 g/mol. The number of rotatable bonds is 3. The first-order valence-electron chi connectivity index (χ1n) is 7.20. The van der Waals surface area contributed by atoms with Gasteiger partial charge in [0.15, 0.2) is 5.78 Å². The van der Waals surface area contributed by atoms with E-state index < -0.39 is 69.3 Å². The molecule has 1 N–H and O–H groups in total. The standard InChI is InChI=1S/C15H5ClF12O2/c16-6-3-5(1-2-7(6)17)8(29)4-9(30)10(15(26,27)28)11(18,19)13(22,23)14(24,25)12(10,20)21/h1-4,29H/b8-4-. The number of carbonyl (C=O) groups is 1. The van der Waals surface area contributed by atoms with Crippen LogP contribution in [0.2, 0.25) is 5.02 Å². The van der Waals surface area contributed by atoms with Gasteiger partial charge in [-0.2, -0.15) is 48.3 Å². The first kappa shape index (κ1) is 24.2. The van der Waals surface area contributed by atoms with Crippen molar-refractivity contribution < 1.29 is 62.6 Å². The maximum Gasteiger partial charge on any atom is 0.414 e.